The summed E-state index contributed by atoms with van der Waals surface area (Å²) in [6, 6.07) is 78.3. The van der Waals surface area contributed by atoms with Crippen molar-refractivity contribution in [2.75, 3.05) is 0 Å². The molecular weight excluding hydrogens is 665 g/mol. The second kappa shape index (κ2) is 13.7. The minimum Gasteiger partial charge on any atom is -0.228 e. The van der Waals surface area contributed by atoms with Gasteiger partial charge in [0.25, 0.3) is 0 Å². The zero-order valence-corrected chi connectivity index (χ0v) is 30.2. The maximum Gasteiger partial charge on any atom is 0.160 e. The van der Waals surface area contributed by atoms with Gasteiger partial charge in [-0.3, -0.25) is 0 Å². The SMILES string of the molecule is c1ccc(-c2ccc(-c3ccc4c(c3)C(c3ccccc3)(c3ccccc3)c3cc(-c5cc(-c6ccccc6)nc(-c6ccccc6)n5)ccc3-4)cc2)cc1. The second-order valence-electron chi connectivity index (χ2n) is 14.1. The summed E-state index contributed by atoms with van der Waals surface area (Å²) in [7, 11) is 0. The van der Waals surface area contributed by atoms with Crippen LogP contribution >= 0.6 is 0 Å². The zero-order valence-electron chi connectivity index (χ0n) is 30.2. The third-order valence-corrected chi connectivity index (χ3v) is 11.0. The summed E-state index contributed by atoms with van der Waals surface area (Å²) < 4.78 is 0. The van der Waals surface area contributed by atoms with Crippen molar-refractivity contribution in [1.82, 2.24) is 9.97 Å². The van der Waals surface area contributed by atoms with Crippen molar-refractivity contribution < 1.29 is 0 Å². The van der Waals surface area contributed by atoms with Crippen LogP contribution in [0.4, 0.5) is 0 Å². The standard InChI is InChI=1S/C53H36N2/c1-6-16-37(17-7-1)38-26-28-39(29-27-38)42-30-32-46-47-33-31-43(51-36-50(40-18-8-2-9-19-40)54-52(55-51)41-20-10-3-11-21-41)35-49(47)53(48(46)34-42,44-22-12-4-13-23-44)45-24-14-5-15-25-45/h1-36H. The van der Waals surface area contributed by atoms with Gasteiger partial charge in [-0.05, 0) is 73.8 Å². The second-order valence-corrected chi connectivity index (χ2v) is 14.1. The molecule has 1 heterocycles. The third-order valence-electron chi connectivity index (χ3n) is 11.0. The van der Waals surface area contributed by atoms with E-state index >= 15 is 0 Å². The Morgan fingerprint density at radius 1 is 0.273 bits per heavy atom. The quantitative estimate of drug-likeness (QED) is 0.165. The van der Waals surface area contributed by atoms with Crippen molar-refractivity contribution in [1.29, 1.82) is 0 Å². The molecule has 55 heavy (non-hydrogen) atoms. The molecule has 1 aliphatic carbocycles. The Morgan fingerprint density at radius 2 is 0.636 bits per heavy atom. The molecule has 1 aromatic heterocycles. The predicted octanol–water partition coefficient (Wildman–Crippen LogP) is 13.2. The van der Waals surface area contributed by atoms with E-state index in [1.54, 1.807) is 0 Å². The van der Waals surface area contributed by atoms with E-state index in [9.17, 15) is 0 Å². The average molecular weight is 701 g/mol. The van der Waals surface area contributed by atoms with Crippen molar-refractivity contribution in [3.8, 4) is 67.3 Å². The van der Waals surface area contributed by atoms with Crippen LogP contribution in [-0.2, 0) is 5.41 Å². The number of benzene rings is 8. The topological polar surface area (TPSA) is 25.8 Å². The van der Waals surface area contributed by atoms with Crippen LogP contribution in [0.15, 0.2) is 218 Å². The van der Waals surface area contributed by atoms with Crippen molar-refractivity contribution in [3.63, 3.8) is 0 Å². The highest BCUT2D eigenvalue weighted by atomic mass is 14.9. The molecule has 0 spiro atoms. The molecule has 0 amide bonds. The number of nitrogens with zero attached hydrogens (tertiary/aromatic N) is 2. The smallest absolute Gasteiger partial charge is 0.160 e. The molecule has 10 rings (SSSR count). The summed E-state index contributed by atoms with van der Waals surface area (Å²) in [4.78, 5) is 10.3. The van der Waals surface area contributed by atoms with Crippen molar-refractivity contribution >= 4 is 0 Å². The lowest BCUT2D eigenvalue weighted by atomic mass is 9.67. The molecule has 9 aromatic rings. The average Bonchev–Trinajstić information content (AvgIpc) is 3.57. The van der Waals surface area contributed by atoms with E-state index in [0.29, 0.717) is 5.82 Å². The normalized spacial score (nSPS) is 12.5. The first-order chi connectivity index (χ1) is 27.3. The molecule has 1 aliphatic rings. The lowest BCUT2D eigenvalue weighted by Gasteiger charge is -2.34. The molecule has 8 aromatic carbocycles. The molecule has 0 bridgehead atoms. The molecule has 2 heteroatoms. The van der Waals surface area contributed by atoms with Crippen LogP contribution in [0.3, 0.4) is 0 Å². The summed E-state index contributed by atoms with van der Waals surface area (Å²) in [5, 5.41) is 0. The first kappa shape index (κ1) is 32.5. The molecule has 0 unspecified atom stereocenters. The molecule has 2 nitrogen and oxygen atoms in total. The van der Waals surface area contributed by atoms with Crippen LogP contribution in [0.25, 0.3) is 67.3 Å². The molecule has 0 radical (unpaired) electrons. The first-order valence-corrected chi connectivity index (χ1v) is 18.8. The van der Waals surface area contributed by atoms with E-state index in [2.05, 4.69) is 194 Å². The predicted molar refractivity (Wildman–Crippen MR) is 227 cm³/mol. The minimum atomic E-state index is -0.569. The molecule has 0 saturated carbocycles. The van der Waals surface area contributed by atoms with E-state index in [4.69, 9.17) is 9.97 Å². The Kier molecular flexibility index (Phi) is 8.08. The van der Waals surface area contributed by atoms with E-state index in [1.807, 2.05) is 24.3 Å². The highest BCUT2D eigenvalue weighted by Gasteiger charge is 2.46. The van der Waals surface area contributed by atoms with Gasteiger partial charge in [0.1, 0.15) is 0 Å². The van der Waals surface area contributed by atoms with Crippen LogP contribution < -0.4 is 0 Å². The van der Waals surface area contributed by atoms with Crippen LogP contribution in [0.2, 0.25) is 0 Å². The monoisotopic (exact) mass is 700 g/mol. The summed E-state index contributed by atoms with van der Waals surface area (Å²) in [5.41, 5.74) is 16.6. The van der Waals surface area contributed by atoms with Gasteiger partial charge in [0, 0.05) is 16.7 Å². The minimum absolute atomic E-state index is 0.569. The van der Waals surface area contributed by atoms with Gasteiger partial charge in [0.15, 0.2) is 5.82 Å². The fourth-order valence-corrected chi connectivity index (χ4v) is 8.38. The van der Waals surface area contributed by atoms with Gasteiger partial charge in [-0.25, -0.2) is 9.97 Å². The van der Waals surface area contributed by atoms with Gasteiger partial charge in [0.2, 0.25) is 0 Å². The highest BCUT2D eigenvalue weighted by molar-refractivity contribution is 5.90. The lowest BCUT2D eigenvalue weighted by Crippen LogP contribution is -2.28. The number of rotatable bonds is 7. The van der Waals surface area contributed by atoms with E-state index < -0.39 is 5.41 Å². The Balaban J connectivity index is 1.19. The van der Waals surface area contributed by atoms with E-state index in [1.165, 1.54) is 55.6 Å². The van der Waals surface area contributed by atoms with Crippen molar-refractivity contribution in [2.45, 2.75) is 5.41 Å². The van der Waals surface area contributed by atoms with Gasteiger partial charge in [0.05, 0.1) is 16.8 Å². The fourth-order valence-electron chi connectivity index (χ4n) is 8.38. The Labute approximate surface area is 322 Å². The Hall–Kier alpha value is -7.16. The zero-order chi connectivity index (χ0) is 36.6. The maximum atomic E-state index is 5.24. The van der Waals surface area contributed by atoms with Gasteiger partial charge >= 0.3 is 0 Å². The highest BCUT2D eigenvalue weighted by Crippen LogP contribution is 2.57. The van der Waals surface area contributed by atoms with Gasteiger partial charge in [-0.2, -0.15) is 0 Å². The molecule has 258 valence electrons. The van der Waals surface area contributed by atoms with Crippen LogP contribution in [-0.4, -0.2) is 9.97 Å². The Morgan fingerprint density at radius 3 is 1.16 bits per heavy atom. The third kappa shape index (κ3) is 5.67. The van der Waals surface area contributed by atoms with Crippen molar-refractivity contribution in [3.05, 3.63) is 241 Å². The number of fused-ring (bicyclic) bond motifs is 3. The molecule has 0 N–H and O–H groups in total. The summed E-state index contributed by atoms with van der Waals surface area (Å²) in [6.45, 7) is 0. The molecule has 0 saturated heterocycles. The molecule has 0 fully saturated rings. The van der Waals surface area contributed by atoms with Crippen LogP contribution in [0.1, 0.15) is 22.3 Å². The van der Waals surface area contributed by atoms with Gasteiger partial charge in [-0.15, -0.1) is 0 Å². The summed E-state index contributed by atoms with van der Waals surface area (Å²) in [6.07, 6.45) is 0. The van der Waals surface area contributed by atoms with E-state index in [-0.39, 0.29) is 0 Å². The molecular formula is C53H36N2. The molecule has 0 aliphatic heterocycles. The van der Waals surface area contributed by atoms with Crippen LogP contribution in [0.5, 0.6) is 0 Å². The lowest BCUT2D eigenvalue weighted by molar-refractivity contribution is 0.769. The van der Waals surface area contributed by atoms with Crippen molar-refractivity contribution in [2.24, 2.45) is 0 Å². The van der Waals surface area contributed by atoms with Gasteiger partial charge in [-0.1, -0.05) is 200 Å². The van der Waals surface area contributed by atoms with E-state index in [0.717, 1.165) is 28.1 Å². The number of hydrogen-bond acceptors (Lipinski definition) is 2. The Bertz CT molecular complexity index is 2660. The number of hydrogen-bond donors (Lipinski definition) is 0. The van der Waals surface area contributed by atoms with Gasteiger partial charge < -0.3 is 0 Å². The largest absolute Gasteiger partial charge is 0.228 e. The maximum absolute atomic E-state index is 5.24. The number of aromatic nitrogens is 2. The summed E-state index contributed by atoms with van der Waals surface area (Å²) >= 11 is 0. The first-order valence-electron chi connectivity index (χ1n) is 18.8. The fraction of sp³-hybridized carbons (Fsp3) is 0.0189. The van der Waals surface area contributed by atoms with Crippen LogP contribution in [0, 0.1) is 0 Å². The summed E-state index contributed by atoms with van der Waals surface area (Å²) in [5.74, 6) is 0.709. The molecule has 0 atom stereocenters.